The first kappa shape index (κ1) is 12.2. The molecule has 0 radical (unpaired) electrons. The lowest BCUT2D eigenvalue weighted by atomic mass is 10.3. The van der Waals surface area contributed by atoms with E-state index in [1.807, 2.05) is 6.07 Å². The molecule has 5 nitrogen and oxygen atoms in total. The summed E-state index contributed by atoms with van der Waals surface area (Å²) in [6, 6.07) is 1.92. The third-order valence-corrected chi connectivity index (χ3v) is 2.70. The topological polar surface area (TPSA) is 79.2 Å². The SMILES string of the molecule is CCOc1c(C=O)sc(NC(C)=O)c1C#N. The number of hydrogen-bond acceptors (Lipinski definition) is 5. The molecule has 0 atom stereocenters. The fraction of sp³-hybridized carbons (Fsp3) is 0.300. The maximum atomic E-state index is 10.9. The minimum absolute atomic E-state index is 0.198. The zero-order valence-corrected chi connectivity index (χ0v) is 9.68. The van der Waals surface area contributed by atoms with Gasteiger partial charge in [0.1, 0.15) is 21.5 Å². The van der Waals surface area contributed by atoms with Gasteiger partial charge in [0.2, 0.25) is 5.91 Å². The van der Waals surface area contributed by atoms with Crippen LogP contribution in [0.15, 0.2) is 0 Å². The van der Waals surface area contributed by atoms with Crippen LogP contribution >= 0.6 is 11.3 Å². The Labute approximate surface area is 96.6 Å². The lowest BCUT2D eigenvalue weighted by molar-refractivity contribution is -0.114. The van der Waals surface area contributed by atoms with Gasteiger partial charge in [-0.05, 0) is 6.92 Å². The molecule has 1 aromatic rings. The average molecular weight is 238 g/mol. The summed E-state index contributed by atoms with van der Waals surface area (Å²) in [4.78, 5) is 22.0. The largest absolute Gasteiger partial charge is 0.491 e. The number of hydrogen-bond donors (Lipinski definition) is 1. The number of carbonyl (C=O) groups is 2. The molecule has 6 heteroatoms. The summed E-state index contributed by atoms with van der Waals surface area (Å²) in [7, 11) is 0. The second kappa shape index (κ2) is 5.28. The molecule has 1 amide bonds. The molecule has 1 N–H and O–H groups in total. The van der Waals surface area contributed by atoms with Crippen molar-refractivity contribution in [3.63, 3.8) is 0 Å². The lowest BCUT2D eigenvalue weighted by Gasteiger charge is -2.01. The molecule has 0 fully saturated rings. The van der Waals surface area contributed by atoms with Gasteiger partial charge in [-0.3, -0.25) is 9.59 Å². The van der Waals surface area contributed by atoms with Crippen molar-refractivity contribution in [2.45, 2.75) is 13.8 Å². The molecule has 0 aliphatic rings. The highest BCUT2D eigenvalue weighted by atomic mass is 32.1. The Bertz CT molecular complexity index is 459. The Morgan fingerprint density at radius 2 is 2.38 bits per heavy atom. The van der Waals surface area contributed by atoms with Gasteiger partial charge in [-0.1, -0.05) is 0 Å². The van der Waals surface area contributed by atoms with Crippen molar-refractivity contribution >= 4 is 28.5 Å². The van der Waals surface area contributed by atoms with Crippen LogP contribution in [0.5, 0.6) is 5.75 Å². The Kier molecular flexibility index (Phi) is 4.03. The maximum absolute atomic E-state index is 10.9. The molecule has 0 bridgehead atoms. The first-order valence-corrected chi connectivity index (χ1v) is 5.38. The van der Waals surface area contributed by atoms with Crippen molar-refractivity contribution in [3.05, 3.63) is 10.4 Å². The number of amides is 1. The summed E-state index contributed by atoms with van der Waals surface area (Å²) < 4.78 is 5.22. The van der Waals surface area contributed by atoms with E-state index in [2.05, 4.69) is 5.32 Å². The second-order valence-electron chi connectivity index (χ2n) is 2.84. The van der Waals surface area contributed by atoms with Crippen LogP contribution in [-0.2, 0) is 4.79 Å². The van der Waals surface area contributed by atoms with E-state index in [0.29, 0.717) is 22.8 Å². The van der Waals surface area contributed by atoms with Crippen molar-refractivity contribution in [1.29, 1.82) is 5.26 Å². The molecule has 0 spiro atoms. The third-order valence-electron chi connectivity index (χ3n) is 1.69. The molecule has 0 aliphatic carbocycles. The Hall–Kier alpha value is -1.87. The van der Waals surface area contributed by atoms with E-state index in [1.165, 1.54) is 6.92 Å². The number of nitrogens with zero attached hydrogens (tertiary/aromatic N) is 1. The van der Waals surface area contributed by atoms with Gasteiger partial charge in [-0.15, -0.1) is 11.3 Å². The Morgan fingerprint density at radius 1 is 1.69 bits per heavy atom. The number of thiophene rings is 1. The van der Waals surface area contributed by atoms with E-state index in [9.17, 15) is 9.59 Å². The summed E-state index contributed by atoms with van der Waals surface area (Å²) in [5, 5.41) is 11.8. The van der Waals surface area contributed by atoms with E-state index in [0.717, 1.165) is 11.3 Å². The van der Waals surface area contributed by atoms with Crippen LogP contribution in [0.1, 0.15) is 29.1 Å². The van der Waals surface area contributed by atoms with Crippen LogP contribution in [0.4, 0.5) is 5.00 Å². The van der Waals surface area contributed by atoms with Crippen molar-refractivity contribution in [1.82, 2.24) is 0 Å². The predicted molar refractivity (Wildman–Crippen MR) is 59.9 cm³/mol. The van der Waals surface area contributed by atoms with Gasteiger partial charge in [-0.25, -0.2) is 0 Å². The summed E-state index contributed by atoms with van der Waals surface area (Å²) in [6.07, 6.45) is 0.613. The number of carbonyl (C=O) groups excluding carboxylic acids is 2. The van der Waals surface area contributed by atoms with E-state index in [-0.39, 0.29) is 17.2 Å². The standard InChI is InChI=1S/C10H10N2O3S/c1-3-15-9-7(4-11)10(12-6(2)14)16-8(9)5-13/h5H,3H2,1-2H3,(H,12,14). The van der Waals surface area contributed by atoms with Crippen molar-refractivity contribution < 1.29 is 14.3 Å². The predicted octanol–water partition coefficient (Wildman–Crippen LogP) is 1.79. The molecule has 0 aromatic carbocycles. The minimum Gasteiger partial charge on any atom is -0.491 e. The van der Waals surface area contributed by atoms with Gasteiger partial charge >= 0.3 is 0 Å². The summed E-state index contributed by atoms with van der Waals surface area (Å²) in [5.74, 6) is -0.0491. The number of nitriles is 1. The minimum atomic E-state index is -0.293. The van der Waals surface area contributed by atoms with Gasteiger partial charge in [-0.2, -0.15) is 5.26 Å². The van der Waals surface area contributed by atoms with Crippen molar-refractivity contribution in [3.8, 4) is 11.8 Å². The van der Waals surface area contributed by atoms with Gasteiger partial charge in [0.05, 0.1) is 6.61 Å². The summed E-state index contributed by atoms with van der Waals surface area (Å²) in [6.45, 7) is 3.44. The zero-order chi connectivity index (χ0) is 12.1. The molecule has 0 saturated carbocycles. The first-order chi connectivity index (χ1) is 7.63. The molecule has 1 rings (SSSR count). The molecule has 1 aromatic heterocycles. The molecule has 16 heavy (non-hydrogen) atoms. The maximum Gasteiger partial charge on any atom is 0.221 e. The van der Waals surface area contributed by atoms with Gasteiger partial charge in [0.25, 0.3) is 0 Å². The summed E-state index contributed by atoms with van der Waals surface area (Å²) >= 11 is 1.03. The van der Waals surface area contributed by atoms with Gasteiger partial charge < -0.3 is 10.1 Å². The average Bonchev–Trinajstić information content (AvgIpc) is 2.55. The summed E-state index contributed by atoms with van der Waals surface area (Å²) in [5.41, 5.74) is 0.198. The van der Waals surface area contributed by atoms with E-state index >= 15 is 0 Å². The third kappa shape index (κ3) is 2.38. The van der Waals surface area contributed by atoms with Gasteiger partial charge in [0.15, 0.2) is 12.0 Å². The quantitative estimate of drug-likeness (QED) is 0.811. The number of nitrogens with one attached hydrogen (secondary N) is 1. The van der Waals surface area contributed by atoms with Crippen LogP contribution in [0, 0.1) is 11.3 Å². The highest BCUT2D eigenvalue weighted by Crippen LogP contribution is 2.37. The molecule has 0 saturated heterocycles. The number of anilines is 1. The van der Waals surface area contributed by atoms with Crippen LogP contribution in [0.3, 0.4) is 0 Å². The van der Waals surface area contributed by atoms with Crippen molar-refractivity contribution in [2.75, 3.05) is 11.9 Å². The van der Waals surface area contributed by atoms with Gasteiger partial charge in [0, 0.05) is 6.92 Å². The number of aldehydes is 1. The highest BCUT2D eigenvalue weighted by Gasteiger charge is 2.19. The zero-order valence-electron chi connectivity index (χ0n) is 8.86. The molecular weight excluding hydrogens is 228 g/mol. The molecule has 1 heterocycles. The number of rotatable bonds is 4. The van der Waals surface area contributed by atoms with E-state index < -0.39 is 0 Å². The first-order valence-electron chi connectivity index (χ1n) is 4.56. The van der Waals surface area contributed by atoms with Crippen LogP contribution in [-0.4, -0.2) is 18.8 Å². The van der Waals surface area contributed by atoms with Crippen LogP contribution < -0.4 is 10.1 Å². The fourth-order valence-electron chi connectivity index (χ4n) is 1.15. The molecular formula is C10H10N2O3S. The monoisotopic (exact) mass is 238 g/mol. The normalized spacial score (nSPS) is 9.31. The smallest absolute Gasteiger partial charge is 0.221 e. The van der Waals surface area contributed by atoms with Crippen LogP contribution in [0.25, 0.3) is 0 Å². The van der Waals surface area contributed by atoms with Crippen molar-refractivity contribution in [2.24, 2.45) is 0 Å². The second-order valence-corrected chi connectivity index (χ2v) is 3.90. The fourth-order valence-corrected chi connectivity index (χ4v) is 2.11. The Balaban J connectivity index is 3.25. The van der Waals surface area contributed by atoms with Crippen LogP contribution in [0.2, 0.25) is 0 Å². The molecule has 0 unspecified atom stereocenters. The lowest BCUT2D eigenvalue weighted by Crippen LogP contribution is -2.05. The van der Waals surface area contributed by atoms with E-state index in [1.54, 1.807) is 6.92 Å². The molecule has 84 valence electrons. The highest BCUT2D eigenvalue weighted by molar-refractivity contribution is 7.18. The Morgan fingerprint density at radius 3 is 2.81 bits per heavy atom. The number of ether oxygens (including phenoxy) is 1. The van der Waals surface area contributed by atoms with E-state index in [4.69, 9.17) is 10.00 Å². The molecule has 0 aliphatic heterocycles.